The number of aryl methyl sites for hydroxylation is 2. The Morgan fingerprint density at radius 1 is 1.18 bits per heavy atom. The zero-order valence-corrected chi connectivity index (χ0v) is 21.3. The first-order valence-electron chi connectivity index (χ1n) is 11.5. The van der Waals surface area contributed by atoms with E-state index in [1.807, 2.05) is 38.1 Å². The Morgan fingerprint density at radius 3 is 2.44 bits per heavy atom. The van der Waals surface area contributed by atoms with Crippen molar-refractivity contribution >= 4 is 23.5 Å². The molecule has 7 heteroatoms. The number of phenols is 1. The van der Waals surface area contributed by atoms with Crippen LogP contribution in [0, 0.1) is 6.92 Å². The first-order chi connectivity index (χ1) is 15.9. The zero-order chi connectivity index (χ0) is 25.1. The Morgan fingerprint density at radius 2 is 1.85 bits per heavy atom. The molecule has 0 radical (unpaired) electrons. The molecule has 0 aromatic heterocycles. The fraction of sp³-hybridized carbons (Fsp3) is 0.481. The topological polar surface area (TPSA) is 93.1 Å². The molecule has 2 aromatic rings. The summed E-state index contributed by atoms with van der Waals surface area (Å²) < 4.78 is 11.5. The second-order valence-electron chi connectivity index (χ2n) is 10.1. The average molecular weight is 487 g/mol. The van der Waals surface area contributed by atoms with Crippen LogP contribution in [0.3, 0.4) is 0 Å². The number of esters is 1. The standard InChI is InChI=1S/C27H34O6S/c1-17-14-23(20(26(2,3)4)15-22(17)32-13-12-28)34-24-21(30)16-27(5,33-25(24)31)11-10-18-6-8-19(29)9-7-18/h6-9,14-15,24,28-29H,10-13,16H2,1-5H3. The number of thioether (sulfide) groups is 1. The Bertz CT molecular complexity index is 1020. The van der Waals surface area contributed by atoms with E-state index in [-0.39, 0.29) is 36.6 Å². The van der Waals surface area contributed by atoms with Gasteiger partial charge in [-0.3, -0.25) is 9.59 Å². The molecule has 1 aliphatic heterocycles. The summed E-state index contributed by atoms with van der Waals surface area (Å²) in [6.07, 6.45) is 1.32. The first kappa shape index (κ1) is 26.1. The maximum Gasteiger partial charge on any atom is 0.327 e. The number of aromatic hydroxyl groups is 1. The molecule has 2 N–H and O–H groups in total. The minimum atomic E-state index is -0.911. The van der Waals surface area contributed by atoms with Crippen LogP contribution in [-0.4, -0.2) is 46.0 Å². The molecule has 2 aromatic carbocycles. The second-order valence-corrected chi connectivity index (χ2v) is 11.3. The highest BCUT2D eigenvalue weighted by Gasteiger charge is 2.44. The molecule has 0 amide bonds. The minimum absolute atomic E-state index is 0.0747. The normalized spacial score (nSPS) is 20.8. The number of benzene rings is 2. The molecule has 1 aliphatic rings. The summed E-state index contributed by atoms with van der Waals surface area (Å²) in [6.45, 7) is 10.0. The highest BCUT2D eigenvalue weighted by Crippen LogP contribution is 2.42. The van der Waals surface area contributed by atoms with E-state index in [2.05, 4.69) is 20.8 Å². The highest BCUT2D eigenvalue weighted by molar-refractivity contribution is 8.01. The van der Waals surface area contributed by atoms with Gasteiger partial charge in [0.25, 0.3) is 0 Å². The number of ketones is 1. The number of carbonyl (C=O) groups is 2. The van der Waals surface area contributed by atoms with Gasteiger partial charge in [0.2, 0.25) is 0 Å². The minimum Gasteiger partial charge on any atom is -0.508 e. The summed E-state index contributed by atoms with van der Waals surface area (Å²) in [5.41, 5.74) is 1.76. The average Bonchev–Trinajstić information content (AvgIpc) is 2.74. The van der Waals surface area contributed by atoms with Crippen LogP contribution in [0.5, 0.6) is 11.5 Å². The van der Waals surface area contributed by atoms with E-state index in [1.165, 1.54) is 11.8 Å². The van der Waals surface area contributed by atoms with Crippen molar-refractivity contribution in [1.82, 2.24) is 0 Å². The molecular formula is C27H34O6S. The number of cyclic esters (lactones) is 1. The van der Waals surface area contributed by atoms with Gasteiger partial charge >= 0.3 is 5.97 Å². The van der Waals surface area contributed by atoms with Gasteiger partial charge in [0, 0.05) is 11.3 Å². The fourth-order valence-electron chi connectivity index (χ4n) is 4.03. The van der Waals surface area contributed by atoms with Crippen molar-refractivity contribution in [2.75, 3.05) is 13.2 Å². The maximum atomic E-state index is 13.1. The smallest absolute Gasteiger partial charge is 0.327 e. The molecule has 2 unspecified atom stereocenters. The molecule has 1 fully saturated rings. The predicted octanol–water partition coefficient (Wildman–Crippen LogP) is 4.74. The number of rotatable bonds is 8. The third-order valence-corrected chi connectivity index (χ3v) is 7.24. The van der Waals surface area contributed by atoms with Crippen LogP contribution in [0.25, 0.3) is 0 Å². The lowest BCUT2D eigenvalue weighted by atomic mass is 9.86. The van der Waals surface area contributed by atoms with Gasteiger partial charge in [-0.15, -0.1) is 11.8 Å². The number of hydrogen-bond donors (Lipinski definition) is 2. The number of hydrogen-bond acceptors (Lipinski definition) is 7. The van der Waals surface area contributed by atoms with Crippen molar-refractivity contribution in [2.45, 2.75) is 75.0 Å². The summed E-state index contributed by atoms with van der Waals surface area (Å²) in [7, 11) is 0. The molecule has 1 heterocycles. The lowest BCUT2D eigenvalue weighted by Gasteiger charge is -2.36. The summed E-state index contributed by atoms with van der Waals surface area (Å²) in [5, 5.41) is 17.6. The molecule has 0 saturated carbocycles. The van der Waals surface area contributed by atoms with Crippen molar-refractivity contribution in [3.8, 4) is 11.5 Å². The Labute approximate surface area is 205 Å². The van der Waals surface area contributed by atoms with Crippen LogP contribution >= 0.6 is 11.8 Å². The summed E-state index contributed by atoms with van der Waals surface area (Å²) in [6, 6.07) is 10.8. The van der Waals surface area contributed by atoms with Crippen molar-refractivity contribution in [2.24, 2.45) is 0 Å². The van der Waals surface area contributed by atoms with Gasteiger partial charge in [0.05, 0.1) is 6.61 Å². The summed E-state index contributed by atoms with van der Waals surface area (Å²) >= 11 is 1.24. The highest BCUT2D eigenvalue weighted by atomic mass is 32.2. The van der Waals surface area contributed by atoms with Crippen LogP contribution < -0.4 is 4.74 Å². The molecule has 0 aliphatic carbocycles. The van der Waals surface area contributed by atoms with Crippen LogP contribution in [0.4, 0.5) is 0 Å². The van der Waals surface area contributed by atoms with Gasteiger partial charge in [-0.25, -0.2) is 0 Å². The fourth-order valence-corrected chi connectivity index (χ4v) is 5.38. The number of ether oxygens (including phenoxy) is 2. The van der Waals surface area contributed by atoms with Gasteiger partial charge in [-0.05, 0) is 73.1 Å². The SMILES string of the molecule is Cc1cc(SC2C(=O)CC(C)(CCc3ccc(O)cc3)OC2=O)c(C(C)(C)C)cc1OCCO. The van der Waals surface area contributed by atoms with Gasteiger partial charge in [0.1, 0.15) is 23.7 Å². The van der Waals surface area contributed by atoms with E-state index < -0.39 is 16.8 Å². The Balaban J connectivity index is 1.76. The van der Waals surface area contributed by atoms with Gasteiger partial charge in [-0.1, -0.05) is 32.9 Å². The lowest BCUT2D eigenvalue weighted by molar-refractivity contribution is -0.167. The number of carbonyl (C=O) groups excluding carboxylic acids is 2. The molecule has 3 rings (SSSR count). The summed E-state index contributed by atoms with van der Waals surface area (Å²) in [4.78, 5) is 27.0. The van der Waals surface area contributed by atoms with Crippen LogP contribution in [0.2, 0.25) is 0 Å². The largest absolute Gasteiger partial charge is 0.508 e. The number of phenolic OH excluding ortho intramolecular Hbond substituents is 1. The number of aliphatic hydroxyl groups excluding tert-OH is 1. The van der Waals surface area contributed by atoms with Gasteiger partial charge < -0.3 is 19.7 Å². The number of aliphatic hydroxyl groups is 1. The molecule has 0 spiro atoms. The van der Waals surface area contributed by atoms with Crippen molar-refractivity contribution < 1.29 is 29.3 Å². The first-order valence-corrected chi connectivity index (χ1v) is 12.4. The molecular weight excluding hydrogens is 452 g/mol. The van der Waals surface area contributed by atoms with Gasteiger partial charge in [0.15, 0.2) is 11.0 Å². The van der Waals surface area contributed by atoms with E-state index in [1.54, 1.807) is 12.1 Å². The molecule has 6 nitrogen and oxygen atoms in total. The third-order valence-electron chi connectivity index (χ3n) is 5.96. The molecule has 0 bridgehead atoms. The van der Waals surface area contributed by atoms with Crippen molar-refractivity contribution in [3.05, 3.63) is 53.1 Å². The quantitative estimate of drug-likeness (QED) is 0.411. The maximum absolute atomic E-state index is 13.1. The van der Waals surface area contributed by atoms with Crippen LogP contribution in [-0.2, 0) is 26.2 Å². The zero-order valence-electron chi connectivity index (χ0n) is 20.5. The Hall–Kier alpha value is -2.51. The third kappa shape index (κ3) is 6.33. The van der Waals surface area contributed by atoms with E-state index in [0.29, 0.717) is 18.6 Å². The van der Waals surface area contributed by atoms with E-state index in [4.69, 9.17) is 14.6 Å². The van der Waals surface area contributed by atoms with E-state index in [0.717, 1.165) is 21.6 Å². The number of Topliss-reactive ketones (excluding diaryl/α,β-unsaturated/α-hetero) is 1. The second kappa shape index (κ2) is 10.4. The van der Waals surface area contributed by atoms with Crippen LogP contribution in [0.15, 0.2) is 41.3 Å². The molecule has 2 atom stereocenters. The van der Waals surface area contributed by atoms with Crippen LogP contribution in [0.1, 0.15) is 57.2 Å². The van der Waals surface area contributed by atoms with Crippen molar-refractivity contribution in [1.29, 1.82) is 0 Å². The van der Waals surface area contributed by atoms with E-state index in [9.17, 15) is 14.7 Å². The van der Waals surface area contributed by atoms with Crippen molar-refractivity contribution in [3.63, 3.8) is 0 Å². The summed E-state index contributed by atoms with van der Waals surface area (Å²) in [5.74, 6) is 0.245. The Kier molecular flexibility index (Phi) is 7.98. The molecule has 34 heavy (non-hydrogen) atoms. The van der Waals surface area contributed by atoms with E-state index >= 15 is 0 Å². The predicted molar refractivity (Wildman–Crippen MR) is 133 cm³/mol. The molecule has 1 saturated heterocycles. The monoisotopic (exact) mass is 486 g/mol. The molecule has 184 valence electrons. The lowest BCUT2D eigenvalue weighted by Crippen LogP contribution is -2.47. The van der Waals surface area contributed by atoms with Gasteiger partial charge in [-0.2, -0.15) is 0 Å².